The van der Waals surface area contributed by atoms with E-state index in [0.717, 1.165) is 0 Å². The summed E-state index contributed by atoms with van der Waals surface area (Å²) in [5.74, 6) is 4.68. The van der Waals surface area contributed by atoms with Gasteiger partial charge in [0.15, 0.2) is 0 Å². The number of halogens is 3. The molecule has 1 rings (SSSR count). The fourth-order valence-corrected chi connectivity index (χ4v) is 0.539. The molecule has 0 spiro atoms. The summed E-state index contributed by atoms with van der Waals surface area (Å²) >= 11 is 0. The molecule has 5 nitrogen and oxygen atoms in total. The number of rotatable bonds is 0. The summed E-state index contributed by atoms with van der Waals surface area (Å²) in [5, 5.41) is 5.18. The number of nitrogens with two attached hydrogens (primary N) is 1. The standard InChI is InChI=1S/C3H3F3N4O/c4-3(5,6)1-8-9-2(11)10(1)7/h1H,7H2. The smallest absolute Gasteiger partial charge is 0.243 e. The normalized spacial score (nSPS) is 24.9. The van der Waals surface area contributed by atoms with Gasteiger partial charge in [0, 0.05) is 0 Å². The first-order chi connectivity index (χ1) is 4.93. The third-order valence-corrected chi connectivity index (χ3v) is 1.03. The Labute approximate surface area is 58.6 Å². The SMILES string of the molecule is NN1C(=O)N=NC1C(F)(F)F. The van der Waals surface area contributed by atoms with Crippen molar-refractivity contribution in [3.63, 3.8) is 0 Å². The number of alkyl halides is 3. The highest BCUT2D eigenvalue weighted by molar-refractivity contribution is 5.75. The van der Waals surface area contributed by atoms with Gasteiger partial charge in [-0.15, -0.1) is 5.11 Å². The van der Waals surface area contributed by atoms with Crippen LogP contribution in [0, 0.1) is 0 Å². The first-order valence-corrected chi connectivity index (χ1v) is 2.48. The van der Waals surface area contributed by atoms with E-state index in [1.54, 1.807) is 0 Å². The molecule has 8 heteroatoms. The number of hydrogen-bond donors (Lipinski definition) is 1. The lowest BCUT2D eigenvalue weighted by molar-refractivity contribution is -0.171. The molecule has 0 aromatic rings. The third-order valence-electron chi connectivity index (χ3n) is 1.03. The summed E-state index contributed by atoms with van der Waals surface area (Å²) in [4.78, 5) is 10.3. The van der Waals surface area contributed by atoms with Crippen LogP contribution in [0.2, 0.25) is 0 Å². The van der Waals surface area contributed by atoms with Crippen LogP contribution in [0.25, 0.3) is 0 Å². The Kier molecular flexibility index (Phi) is 1.55. The zero-order valence-corrected chi connectivity index (χ0v) is 5.04. The van der Waals surface area contributed by atoms with Crippen LogP contribution < -0.4 is 5.84 Å². The van der Waals surface area contributed by atoms with Crippen molar-refractivity contribution in [1.82, 2.24) is 5.01 Å². The molecule has 0 bridgehead atoms. The van der Waals surface area contributed by atoms with Gasteiger partial charge in [-0.25, -0.2) is 15.6 Å². The van der Waals surface area contributed by atoms with E-state index in [1.807, 2.05) is 0 Å². The molecule has 62 valence electrons. The minimum Gasteiger partial charge on any atom is -0.243 e. The Balaban J connectivity index is 2.78. The van der Waals surface area contributed by atoms with Gasteiger partial charge in [-0.3, -0.25) is 0 Å². The zero-order valence-electron chi connectivity index (χ0n) is 5.04. The monoisotopic (exact) mass is 168 g/mol. The van der Waals surface area contributed by atoms with Crippen molar-refractivity contribution < 1.29 is 18.0 Å². The van der Waals surface area contributed by atoms with Crippen molar-refractivity contribution in [2.75, 3.05) is 0 Å². The predicted octanol–water partition coefficient (Wildman–Crippen LogP) is 0.636. The van der Waals surface area contributed by atoms with Crippen molar-refractivity contribution in [3.05, 3.63) is 0 Å². The first kappa shape index (κ1) is 7.92. The third kappa shape index (κ3) is 1.29. The summed E-state index contributed by atoms with van der Waals surface area (Å²) in [5.41, 5.74) is 0. The van der Waals surface area contributed by atoms with Crippen LogP contribution in [0.4, 0.5) is 18.0 Å². The number of hydrazine groups is 1. The number of azo groups is 1. The molecule has 2 N–H and O–H groups in total. The number of nitrogens with zero attached hydrogens (tertiary/aromatic N) is 3. The molecule has 2 amide bonds. The van der Waals surface area contributed by atoms with Crippen LogP contribution in [0.3, 0.4) is 0 Å². The molecule has 11 heavy (non-hydrogen) atoms. The van der Waals surface area contributed by atoms with Gasteiger partial charge in [-0.1, -0.05) is 5.11 Å². The highest BCUT2D eigenvalue weighted by Crippen LogP contribution is 2.27. The largest absolute Gasteiger partial charge is 0.432 e. The summed E-state index contributed by atoms with van der Waals surface area (Å²) in [6, 6.07) is -1.19. The average Bonchev–Trinajstić information content (AvgIpc) is 2.11. The molecule has 0 radical (unpaired) electrons. The van der Waals surface area contributed by atoms with Gasteiger partial charge in [-0.05, 0) is 0 Å². The maximum Gasteiger partial charge on any atom is 0.432 e. The molecular formula is C3H3F3N4O. The molecule has 0 aliphatic carbocycles. The number of amides is 2. The van der Waals surface area contributed by atoms with E-state index < -0.39 is 18.4 Å². The predicted molar refractivity (Wildman–Crippen MR) is 26.1 cm³/mol. The van der Waals surface area contributed by atoms with E-state index in [2.05, 4.69) is 16.1 Å². The molecular weight excluding hydrogens is 165 g/mol. The molecule has 1 aliphatic heterocycles. The Morgan fingerprint density at radius 2 is 2.09 bits per heavy atom. The van der Waals surface area contributed by atoms with E-state index >= 15 is 0 Å². The summed E-state index contributed by atoms with van der Waals surface area (Å²) in [6.07, 6.45) is -6.97. The molecule has 1 aliphatic rings. The Bertz CT molecular complexity index is 211. The number of carbonyl (C=O) groups excluding carboxylic acids is 1. The molecule has 1 unspecified atom stereocenters. The fourth-order valence-electron chi connectivity index (χ4n) is 0.539. The van der Waals surface area contributed by atoms with Crippen LogP contribution in [-0.4, -0.2) is 23.4 Å². The molecule has 1 heterocycles. The van der Waals surface area contributed by atoms with Crippen molar-refractivity contribution in [3.8, 4) is 0 Å². The highest BCUT2D eigenvalue weighted by Gasteiger charge is 2.48. The van der Waals surface area contributed by atoms with Crippen molar-refractivity contribution >= 4 is 6.03 Å². The van der Waals surface area contributed by atoms with Crippen LogP contribution in [0.5, 0.6) is 0 Å². The van der Waals surface area contributed by atoms with Gasteiger partial charge < -0.3 is 0 Å². The topological polar surface area (TPSA) is 71.0 Å². The van der Waals surface area contributed by atoms with E-state index in [9.17, 15) is 18.0 Å². The molecule has 1 atom stereocenters. The second-order valence-corrected chi connectivity index (χ2v) is 1.82. The quantitative estimate of drug-likeness (QED) is 0.425. The number of hydrogen-bond acceptors (Lipinski definition) is 3. The molecule has 0 saturated carbocycles. The summed E-state index contributed by atoms with van der Waals surface area (Å²) < 4.78 is 35.3. The Morgan fingerprint density at radius 1 is 1.55 bits per heavy atom. The lowest BCUT2D eigenvalue weighted by Gasteiger charge is -2.17. The minimum absolute atomic E-state index is 0.0694. The lowest BCUT2D eigenvalue weighted by atomic mass is 10.5. The van der Waals surface area contributed by atoms with E-state index in [1.165, 1.54) is 0 Å². The summed E-state index contributed by atoms with van der Waals surface area (Å²) in [6.45, 7) is 0. The maximum atomic E-state index is 11.8. The maximum absolute atomic E-state index is 11.8. The van der Waals surface area contributed by atoms with Gasteiger partial charge in [0.25, 0.3) is 6.17 Å². The van der Waals surface area contributed by atoms with Crippen molar-refractivity contribution in [2.24, 2.45) is 16.1 Å². The Morgan fingerprint density at radius 3 is 2.27 bits per heavy atom. The zero-order chi connectivity index (χ0) is 8.65. The summed E-state index contributed by atoms with van der Waals surface area (Å²) in [7, 11) is 0. The second kappa shape index (κ2) is 2.16. The van der Waals surface area contributed by atoms with Crippen LogP contribution in [0.1, 0.15) is 0 Å². The minimum atomic E-state index is -4.65. The van der Waals surface area contributed by atoms with Gasteiger partial charge >= 0.3 is 12.2 Å². The van der Waals surface area contributed by atoms with Gasteiger partial charge in [-0.2, -0.15) is 13.2 Å². The second-order valence-electron chi connectivity index (χ2n) is 1.82. The molecule has 0 fully saturated rings. The number of carbonyl (C=O) groups is 1. The van der Waals surface area contributed by atoms with E-state index in [0.29, 0.717) is 0 Å². The van der Waals surface area contributed by atoms with Crippen LogP contribution in [0.15, 0.2) is 10.2 Å². The van der Waals surface area contributed by atoms with E-state index in [4.69, 9.17) is 0 Å². The van der Waals surface area contributed by atoms with Crippen molar-refractivity contribution in [2.45, 2.75) is 12.3 Å². The average molecular weight is 168 g/mol. The van der Waals surface area contributed by atoms with Crippen molar-refractivity contribution in [1.29, 1.82) is 0 Å². The lowest BCUT2D eigenvalue weighted by Crippen LogP contribution is -2.47. The highest BCUT2D eigenvalue weighted by atomic mass is 19.4. The molecule has 0 aromatic carbocycles. The molecule has 0 aromatic heterocycles. The Hall–Kier alpha value is -1.18. The van der Waals surface area contributed by atoms with Crippen LogP contribution >= 0.6 is 0 Å². The number of urea groups is 1. The molecule has 0 saturated heterocycles. The van der Waals surface area contributed by atoms with Gasteiger partial charge in [0.05, 0.1) is 0 Å². The van der Waals surface area contributed by atoms with Gasteiger partial charge in [0.2, 0.25) is 0 Å². The first-order valence-electron chi connectivity index (χ1n) is 2.48. The van der Waals surface area contributed by atoms with Gasteiger partial charge in [0.1, 0.15) is 0 Å². The van der Waals surface area contributed by atoms with E-state index in [-0.39, 0.29) is 5.01 Å². The van der Waals surface area contributed by atoms with Crippen LogP contribution in [-0.2, 0) is 0 Å². The fraction of sp³-hybridized carbons (Fsp3) is 0.667.